The molecule has 0 aliphatic carbocycles. The third kappa shape index (κ3) is 7.26. The van der Waals surface area contributed by atoms with Crippen LogP contribution in [0.2, 0.25) is 0 Å². The molecule has 0 spiro atoms. The third-order valence-corrected chi connectivity index (χ3v) is 5.15. The minimum absolute atomic E-state index is 0.0112. The summed E-state index contributed by atoms with van der Waals surface area (Å²) in [5, 5.41) is 8.88. The van der Waals surface area contributed by atoms with Gasteiger partial charge in [0.2, 0.25) is 15.9 Å². The molecule has 30 heavy (non-hydrogen) atoms. The van der Waals surface area contributed by atoms with Crippen LogP contribution in [-0.4, -0.2) is 37.6 Å². The van der Waals surface area contributed by atoms with Crippen LogP contribution in [0.3, 0.4) is 0 Å². The van der Waals surface area contributed by atoms with Crippen molar-refractivity contribution in [1.82, 2.24) is 4.90 Å². The first-order valence-electron chi connectivity index (χ1n) is 9.37. The number of sulfonamides is 1. The first-order chi connectivity index (χ1) is 14.2. The van der Waals surface area contributed by atoms with Crippen molar-refractivity contribution in [3.8, 4) is 11.8 Å². The Morgan fingerprint density at radius 1 is 1.20 bits per heavy atom. The smallest absolute Gasteiger partial charge is 0.241 e. The molecule has 8 heteroatoms. The van der Waals surface area contributed by atoms with Gasteiger partial charge in [0.15, 0.2) is 0 Å². The monoisotopic (exact) mass is 427 g/mol. The quantitative estimate of drug-likeness (QED) is 0.587. The van der Waals surface area contributed by atoms with Crippen LogP contribution >= 0.6 is 0 Å². The van der Waals surface area contributed by atoms with Crippen LogP contribution < -0.4 is 9.46 Å². The summed E-state index contributed by atoms with van der Waals surface area (Å²) >= 11 is 0. The Morgan fingerprint density at radius 3 is 2.37 bits per heavy atom. The molecule has 0 fully saturated rings. The number of anilines is 1. The summed E-state index contributed by atoms with van der Waals surface area (Å²) in [5.41, 5.74) is 1.65. The van der Waals surface area contributed by atoms with E-state index in [9.17, 15) is 13.2 Å². The molecule has 0 aromatic heterocycles. The Bertz CT molecular complexity index is 1010. The molecule has 0 saturated carbocycles. The van der Waals surface area contributed by atoms with Gasteiger partial charge in [0, 0.05) is 18.8 Å². The molecule has 0 saturated heterocycles. The predicted octanol–water partition coefficient (Wildman–Crippen LogP) is 3.30. The van der Waals surface area contributed by atoms with Gasteiger partial charge < -0.3 is 9.64 Å². The van der Waals surface area contributed by atoms with E-state index in [1.165, 1.54) is 11.0 Å². The van der Waals surface area contributed by atoms with E-state index in [-0.39, 0.29) is 19.2 Å². The summed E-state index contributed by atoms with van der Waals surface area (Å²) in [4.78, 5) is 14.0. The highest BCUT2D eigenvalue weighted by Crippen LogP contribution is 2.18. The standard InChI is InChI=1S/C22H25N3O4S/c1-4-13-25(15-19-7-5-18(14-23)6-8-19)22(26)16-30(27,28)24-20-9-11-21(12-10-20)29-17(2)3/h4-12,17,24H,1,13,15-16H2,2-3H3. The van der Waals surface area contributed by atoms with Gasteiger partial charge in [0.1, 0.15) is 11.5 Å². The lowest BCUT2D eigenvalue weighted by Crippen LogP contribution is -2.37. The van der Waals surface area contributed by atoms with Gasteiger partial charge in [-0.2, -0.15) is 5.26 Å². The fourth-order valence-electron chi connectivity index (χ4n) is 2.66. The lowest BCUT2D eigenvalue weighted by Gasteiger charge is -2.21. The zero-order chi connectivity index (χ0) is 22.1. The number of ether oxygens (including phenoxy) is 1. The fourth-order valence-corrected chi connectivity index (χ4v) is 3.73. The zero-order valence-electron chi connectivity index (χ0n) is 17.0. The topological polar surface area (TPSA) is 99.5 Å². The molecule has 0 atom stereocenters. The number of benzene rings is 2. The van der Waals surface area contributed by atoms with Crippen LogP contribution in [0, 0.1) is 11.3 Å². The van der Waals surface area contributed by atoms with Gasteiger partial charge in [-0.1, -0.05) is 18.2 Å². The van der Waals surface area contributed by atoms with Crippen LogP contribution in [0.4, 0.5) is 5.69 Å². The molecule has 0 aliphatic heterocycles. The largest absolute Gasteiger partial charge is 0.491 e. The molecule has 1 N–H and O–H groups in total. The van der Waals surface area contributed by atoms with Crippen molar-refractivity contribution < 1.29 is 17.9 Å². The molecule has 2 aromatic rings. The Hall–Kier alpha value is -3.31. The van der Waals surface area contributed by atoms with E-state index in [4.69, 9.17) is 10.00 Å². The molecule has 2 aromatic carbocycles. The molecule has 0 unspecified atom stereocenters. The summed E-state index contributed by atoms with van der Waals surface area (Å²) in [6.45, 7) is 7.85. The summed E-state index contributed by atoms with van der Waals surface area (Å²) < 4.78 is 32.9. The second-order valence-corrected chi connectivity index (χ2v) is 8.65. The minimum atomic E-state index is -3.90. The molecule has 0 radical (unpaired) electrons. The molecular formula is C22H25N3O4S. The molecule has 0 bridgehead atoms. The number of carbonyl (C=O) groups excluding carboxylic acids is 1. The second kappa shape index (κ2) is 10.5. The highest BCUT2D eigenvalue weighted by molar-refractivity contribution is 7.93. The molecule has 1 amide bonds. The highest BCUT2D eigenvalue weighted by Gasteiger charge is 2.21. The van der Waals surface area contributed by atoms with E-state index in [0.29, 0.717) is 17.0 Å². The first-order valence-corrected chi connectivity index (χ1v) is 11.0. The van der Waals surface area contributed by atoms with Crippen molar-refractivity contribution in [3.05, 3.63) is 72.3 Å². The average Bonchev–Trinajstić information content (AvgIpc) is 2.68. The number of hydrogen-bond acceptors (Lipinski definition) is 5. The second-order valence-electron chi connectivity index (χ2n) is 6.92. The van der Waals surface area contributed by atoms with Crippen LogP contribution in [0.25, 0.3) is 0 Å². The van der Waals surface area contributed by atoms with Gasteiger partial charge in [0.05, 0.1) is 17.7 Å². The van der Waals surface area contributed by atoms with Gasteiger partial charge in [-0.25, -0.2) is 8.42 Å². The van der Waals surface area contributed by atoms with Crippen molar-refractivity contribution in [2.24, 2.45) is 0 Å². The van der Waals surface area contributed by atoms with Crippen molar-refractivity contribution in [2.75, 3.05) is 17.0 Å². The van der Waals surface area contributed by atoms with Gasteiger partial charge in [-0.05, 0) is 55.8 Å². The number of nitrogens with zero attached hydrogens (tertiary/aromatic N) is 2. The Labute approximate surface area is 177 Å². The summed E-state index contributed by atoms with van der Waals surface area (Å²) in [7, 11) is -3.90. The fraction of sp³-hybridized carbons (Fsp3) is 0.273. The third-order valence-electron chi connectivity index (χ3n) is 3.97. The molecular weight excluding hydrogens is 402 g/mol. The van der Waals surface area contributed by atoms with Gasteiger partial charge >= 0.3 is 0 Å². The zero-order valence-corrected chi connectivity index (χ0v) is 17.9. The lowest BCUT2D eigenvalue weighted by atomic mass is 10.1. The van der Waals surface area contributed by atoms with Crippen molar-refractivity contribution in [1.29, 1.82) is 5.26 Å². The van der Waals surface area contributed by atoms with Crippen molar-refractivity contribution in [3.63, 3.8) is 0 Å². The van der Waals surface area contributed by atoms with Gasteiger partial charge in [-0.15, -0.1) is 6.58 Å². The van der Waals surface area contributed by atoms with Crippen LogP contribution in [0.1, 0.15) is 25.0 Å². The Kier molecular flexibility index (Phi) is 8.01. The summed E-state index contributed by atoms with van der Waals surface area (Å²) in [6, 6.07) is 15.3. The Balaban J connectivity index is 2.03. The Morgan fingerprint density at radius 2 is 1.83 bits per heavy atom. The molecule has 2 rings (SSSR count). The van der Waals surface area contributed by atoms with E-state index >= 15 is 0 Å². The molecule has 0 aliphatic rings. The predicted molar refractivity (Wildman–Crippen MR) is 116 cm³/mol. The van der Waals surface area contributed by atoms with Crippen LogP contribution in [0.15, 0.2) is 61.2 Å². The normalized spacial score (nSPS) is 10.9. The molecule has 158 valence electrons. The number of amides is 1. The highest BCUT2D eigenvalue weighted by atomic mass is 32.2. The maximum atomic E-state index is 12.6. The maximum absolute atomic E-state index is 12.6. The number of hydrogen-bond donors (Lipinski definition) is 1. The van der Waals surface area contributed by atoms with Crippen molar-refractivity contribution >= 4 is 21.6 Å². The number of carbonyl (C=O) groups is 1. The SMILES string of the molecule is C=CCN(Cc1ccc(C#N)cc1)C(=O)CS(=O)(=O)Nc1ccc(OC(C)C)cc1. The van der Waals surface area contributed by atoms with E-state index in [2.05, 4.69) is 11.3 Å². The van der Waals surface area contributed by atoms with Gasteiger partial charge in [0.25, 0.3) is 0 Å². The van der Waals surface area contributed by atoms with E-state index in [0.717, 1.165) is 5.56 Å². The minimum Gasteiger partial charge on any atom is -0.491 e. The molecule has 0 heterocycles. The number of nitrogens with one attached hydrogen (secondary N) is 1. The summed E-state index contributed by atoms with van der Waals surface area (Å²) in [5.74, 6) is -0.614. The van der Waals surface area contributed by atoms with Crippen LogP contribution in [0.5, 0.6) is 5.75 Å². The number of nitriles is 1. The van der Waals surface area contributed by atoms with E-state index < -0.39 is 21.7 Å². The summed E-state index contributed by atoms with van der Waals surface area (Å²) in [6.07, 6.45) is 1.55. The van der Waals surface area contributed by atoms with Crippen molar-refractivity contribution in [2.45, 2.75) is 26.5 Å². The lowest BCUT2D eigenvalue weighted by molar-refractivity contribution is -0.128. The van der Waals surface area contributed by atoms with E-state index in [1.54, 1.807) is 48.5 Å². The van der Waals surface area contributed by atoms with Crippen LogP contribution in [-0.2, 0) is 21.4 Å². The number of rotatable bonds is 10. The first kappa shape index (κ1) is 23.0. The van der Waals surface area contributed by atoms with E-state index in [1.807, 2.05) is 19.9 Å². The molecule has 7 nitrogen and oxygen atoms in total. The van der Waals surface area contributed by atoms with Gasteiger partial charge in [-0.3, -0.25) is 9.52 Å². The average molecular weight is 428 g/mol. The maximum Gasteiger partial charge on any atom is 0.241 e.